The van der Waals surface area contributed by atoms with E-state index in [0.29, 0.717) is 16.3 Å². The van der Waals surface area contributed by atoms with Crippen molar-refractivity contribution in [3.8, 4) is 0 Å². The minimum absolute atomic E-state index is 0.0138. The van der Waals surface area contributed by atoms with Crippen LogP contribution in [0.15, 0.2) is 52.1 Å². The number of nitrogens with one attached hydrogen (secondary N) is 1. The van der Waals surface area contributed by atoms with Gasteiger partial charge in [-0.3, -0.25) is 4.79 Å². The van der Waals surface area contributed by atoms with Crippen LogP contribution < -0.4 is 5.32 Å². The number of halogens is 4. The lowest BCUT2D eigenvalue weighted by atomic mass is 10.2. The number of anilines is 1. The molecule has 2 aromatic carbocycles. The van der Waals surface area contributed by atoms with Crippen LogP contribution in [0.25, 0.3) is 11.1 Å². The van der Waals surface area contributed by atoms with Crippen LogP contribution in [0.5, 0.6) is 0 Å². The molecule has 1 N–H and O–H groups in total. The number of para-hydroxylation sites is 2. The molecule has 1 amide bonds. The van der Waals surface area contributed by atoms with Crippen molar-refractivity contribution in [1.29, 1.82) is 0 Å². The van der Waals surface area contributed by atoms with Crippen molar-refractivity contribution in [3.63, 3.8) is 0 Å². The molecule has 0 aliphatic rings. The van der Waals surface area contributed by atoms with Gasteiger partial charge in [0.15, 0.2) is 5.58 Å². The van der Waals surface area contributed by atoms with E-state index < -0.39 is 22.7 Å². The van der Waals surface area contributed by atoms with Gasteiger partial charge in [0.25, 0.3) is 5.22 Å². The summed E-state index contributed by atoms with van der Waals surface area (Å²) in [6, 6.07) is 10.3. The Kier molecular flexibility index (Phi) is 4.91. The molecule has 0 bridgehead atoms. The zero-order valence-electron chi connectivity index (χ0n) is 12.4. The van der Waals surface area contributed by atoms with E-state index in [-0.39, 0.29) is 11.4 Å². The molecule has 1 aromatic heterocycles. The molecule has 0 saturated carbocycles. The van der Waals surface area contributed by atoms with E-state index in [0.717, 1.165) is 23.9 Å². The van der Waals surface area contributed by atoms with E-state index in [1.807, 2.05) is 6.07 Å². The smallest absolute Gasteiger partial charge is 0.417 e. The lowest BCUT2D eigenvalue weighted by Gasteiger charge is -2.11. The Hall–Kier alpha value is -2.19. The van der Waals surface area contributed by atoms with Crippen LogP contribution in [-0.4, -0.2) is 16.6 Å². The minimum atomic E-state index is -4.59. The maximum Gasteiger partial charge on any atom is 0.417 e. The summed E-state index contributed by atoms with van der Waals surface area (Å²) in [6.45, 7) is 0. The van der Waals surface area contributed by atoms with E-state index in [2.05, 4.69) is 10.3 Å². The largest absolute Gasteiger partial charge is 0.431 e. The molecule has 0 unspecified atom stereocenters. The average molecular weight is 387 g/mol. The van der Waals surface area contributed by atoms with Crippen molar-refractivity contribution in [2.24, 2.45) is 0 Å². The molecule has 0 aliphatic heterocycles. The SMILES string of the molecule is O=C(CSc1nc2ccccc2o1)Nc1ccc(Cl)c(C(F)(F)F)c1. The summed E-state index contributed by atoms with van der Waals surface area (Å²) in [6.07, 6.45) is -4.59. The van der Waals surface area contributed by atoms with Gasteiger partial charge < -0.3 is 9.73 Å². The van der Waals surface area contributed by atoms with Gasteiger partial charge in [-0.1, -0.05) is 35.5 Å². The van der Waals surface area contributed by atoms with E-state index in [1.54, 1.807) is 18.2 Å². The van der Waals surface area contributed by atoms with Crippen molar-refractivity contribution in [2.75, 3.05) is 11.1 Å². The molecule has 0 saturated heterocycles. The van der Waals surface area contributed by atoms with Gasteiger partial charge in [-0.25, -0.2) is 4.98 Å². The standard InChI is InChI=1S/C16H10ClF3N2O2S/c17-11-6-5-9(7-10(11)16(18,19)20)21-14(23)8-25-15-22-12-3-1-2-4-13(12)24-15/h1-7H,8H2,(H,21,23). The summed E-state index contributed by atoms with van der Waals surface area (Å²) in [4.78, 5) is 16.1. The normalized spacial score (nSPS) is 11.7. The molecule has 0 spiro atoms. The zero-order valence-corrected chi connectivity index (χ0v) is 14.0. The molecule has 0 atom stereocenters. The highest BCUT2D eigenvalue weighted by Crippen LogP contribution is 2.36. The van der Waals surface area contributed by atoms with Gasteiger partial charge >= 0.3 is 6.18 Å². The molecule has 9 heteroatoms. The molecule has 130 valence electrons. The number of hydrogen-bond acceptors (Lipinski definition) is 4. The quantitative estimate of drug-likeness (QED) is 0.624. The summed E-state index contributed by atoms with van der Waals surface area (Å²) in [7, 11) is 0. The first-order valence-electron chi connectivity index (χ1n) is 6.98. The van der Waals surface area contributed by atoms with Crippen LogP contribution >= 0.6 is 23.4 Å². The Labute approximate surface area is 149 Å². The third kappa shape index (κ3) is 4.26. The van der Waals surface area contributed by atoms with Crippen LogP contribution in [0, 0.1) is 0 Å². The fourth-order valence-corrected chi connectivity index (χ4v) is 2.92. The number of alkyl halides is 3. The Bertz CT molecular complexity index is 894. The molecule has 0 radical (unpaired) electrons. The fraction of sp³-hybridized carbons (Fsp3) is 0.125. The highest BCUT2D eigenvalue weighted by Gasteiger charge is 2.33. The first-order valence-corrected chi connectivity index (χ1v) is 8.34. The minimum Gasteiger partial charge on any atom is -0.431 e. The molecule has 0 fully saturated rings. The van der Waals surface area contributed by atoms with E-state index in [9.17, 15) is 18.0 Å². The van der Waals surface area contributed by atoms with Crippen LogP contribution in [-0.2, 0) is 11.0 Å². The second-order valence-electron chi connectivity index (χ2n) is 4.98. The van der Waals surface area contributed by atoms with Crippen molar-refractivity contribution in [3.05, 3.63) is 53.1 Å². The number of fused-ring (bicyclic) bond motifs is 1. The predicted molar refractivity (Wildman–Crippen MR) is 89.8 cm³/mol. The number of benzene rings is 2. The zero-order chi connectivity index (χ0) is 18.0. The number of aromatic nitrogens is 1. The van der Waals surface area contributed by atoms with Gasteiger partial charge in [-0.15, -0.1) is 0 Å². The highest BCUT2D eigenvalue weighted by atomic mass is 35.5. The molecular weight excluding hydrogens is 377 g/mol. The van der Waals surface area contributed by atoms with Gasteiger partial charge in [0.05, 0.1) is 16.3 Å². The van der Waals surface area contributed by atoms with Gasteiger partial charge in [-0.2, -0.15) is 13.2 Å². The van der Waals surface area contributed by atoms with Crippen molar-refractivity contribution >= 4 is 46.1 Å². The number of carbonyl (C=O) groups excluding carboxylic acids is 1. The molecule has 25 heavy (non-hydrogen) atoms. The summed E-state index contributed by atoms with van der Waals surface area (Å²) in [5, 5.41) is 2.28. The number of nitrogens with zero attached hydrogens (tertiary/aromatic N) is 1. The summed E-state index contributed by atoms with van der Waals surface area (Å²) >= 11 is 6.59. The van der Waals surface area contributed by atoms with Gasteiger partial charge in [0.2, 0.25) is 5.91 Å². The average Bonchev–Trinajstić information content (AvgIpc) is 2.96. The van der Waals surface area contributed by atoms with Crippen molar-refractivity contribution in [2.45, 2.75) is 11.4 Å². The van der Waals surface area contributed by atoms with E-state index in [1.165, 1.54) is 6.07 Å². The Morgan fingerprint density at radius 2 is 2.00 bits per heavy atom. The summed E-state index contributed by atoms with van der Waals surface area (Å²) in [5.74, 6) is -0.542. The van der Waals surface area contributed by atoms with Gasteiger partial charge in [-0.05, 0) is 30.3 Å². The molecule has 1 heterocycles. The van der Waals surface area contributed by atoms with Crippen LogP contribution in [0.1, 0.15) is 5.56 Å². The molecule has 0 aliphatic carbocycles. The van der Waals surface area contributed by atoms with Crippen LogP contribution in [0.3, 0.4) is 0 Å². The van der Waals surface area contributed by atoms with E-state index in [4.69, 9.17) is 16.0 Å². The summed E-state index contributed by atoms with van der Waals surface area (Å²) in [5.41, 5.74) is 0.273. The highest BCUT2D eigenvalue weighted by molar-refractivity contribution is 7.99. The number of carbonyl (C=O) groups is 1. The molecule has 3 aromatic rings. The maximum atomic E-state index is 12.8. The number of hydrogen-bond donors (Lipinski definition) is 1. The maximum absolute atomic E-state index is 12.8. The summed E-state index contributed by atoms with van der Waals surface area (Å²) < 4.78 is 43.9. The fourth-order valence-electron chi connectivity index (χ4n) is 2.06. The Morgan fingerprint density at radius 3 is 2.72 bits per heavy atom. The van der Waals surface area contributed by atoms with Crippen molar-refractivity contribution in [1.82, 2.24) is 4.98 Å². The Morgan fingerprint density at radius 1 is 1.24 bits per heavy atom. The third-order valence-electron chi connectivity index (χ3n) is 3.16. The van der Waals surface area contributed by atoms with E-state index >= 15 is 0 Å². The number of amides is 1. The van der Waals surface area contributed by atoms with Crippen LogP contribution in [0.2, 0.25) is 5.02 Å². The molecular formula is C16H10ClF3N2O2S. The topological polar surface area (TPSA) is 55.1 Å². The Balaban J connectivity index is 1.64. The first kappa shape index (κ1) is 17.6. The predicted octanol–water partition coefficient (Wildman–Crippen LogP) is 5.23. The lowest BCUT2D eigenvalue weighted by Crippen LogP contribution is -2.15. The number of thioether (sulfide) groups is 1. The molecule has 3 rings (SSSR count). The monoisotopic (exact) mass is 386 g/mol. The van der Waals surface area contributed by atoms with Crippen molar-refractivity contribution < 1.29 is 22.4 Å². The molecule has 4 nitrogen and oxygen atoms in total. The number of oxazole rings is 1. The lowest BCUT2D eigenvalue weighted by molar-refractivity contribution is -0.137. The third-order valence-corrected chi connectivity index (χ3v) is 4.31. The van der Waals surface area contributed by atoms with Crippen LogP contribution in [0.4, 0.5) is 18.9 Å². The first-order chi connectivity index (χ1) is 11.8. The van der Waals surface area contributed by atoms with Gasteiger partial charge in [0.1, 0.15) is 5.52 Å². The second kappa shape index (κ2) is 6.97. The second-order valence-corrected chi connectivity index (χ2v) is 6.31. The van der Waals surface area contributed by atoms with Gasteiger partial charge in [0, 0.05) is 5.69 Å². The number of rotatable bonds is 4.